The van der Waals surface area contributed by atoms with Crippen molar-refractivity contribution < 1.29 is 19.1 Å². The number of esters is 1. The maximum Gasteiger partial charge on any atom is 0.338 e. The molecule has 6 nitrogen and oxygen atoms in total. The highest BCUT2D eigenvalue weighted by Crippen LogP contribution is 2.21. The number of ether oxygens (including phenoxy) is 2. The van der Waals surface area contributed by atoms with Gasteiger partial charge in [0.1, 0.15) is 17.4 Å². The molecule has 6 heteroatoms. The molecular weight excluding hydrogens is 344 g/mol. The Balaban J connectivity index is 2.16. The lowest BCUT2D eigenvalue weighted by Crippen LogP contribution is -2.13. The molecule has 0 heterocycles. The lowest BCUT2D eigenvalue weighted by Gasteiger charge is -2.08. The van der Waals surface area contributed by atoms with E-state index < -0.39 is 11.9 Å². The lowest BCUT2D eigenvalue weighted by molar-refractivity contribution is -0.112. The van der Waals surface area contributed by atoms with Crippen LogP contribution in [0.25, 0.3) is 6.08 Å². The molecule has 2 aromatic rings. The van der Waals surface area contributed by atoms with Gasteiger partial charge < -0.3 is 14.8 Å². The van der Waals surface area contributed by atoms with Crippen molar-refractivity contribution >= 4 is 23.6 Å². The molecule has 0 fully saturated rings. The van der Waals surface area contributed by atoms with Gasteiger partial charge in [-0.05, 0) is 50.3 Å². The summed E-state index contributed by atoms with van der Waals surface area (Å²) in [7, 11) is 0. The van der Waals surface area contributed by atoms with E-state index in [-0.39, 0.29) is 12.2 Å². The van der Waals surface area contributed by atoms with Crippen molar-refractivity contribution in [2.45, 2.75) is 13.8 Å². The van der Waals surface area contributed by atoms with Crippen LogP contribution in [0.15, 0.2) is 54.1 Å². The van der Waals surface area contributed by atoms with Gasteiger partial charge >= 0.3 is 5.97 Å². The van der Waals surface area contributed by atoms with E-state index in [1.54, 1.807) is 49.4 Å². The minimum atomic E-state index is -0.548. The van der Waals surface area contributed by atoms with E-state index in [9.17, 15) is 14.9 Å². The minimum absolute atomic E-state index is 0.0587. The Morgan fingerprint density at radius 3 is 2.41 bits per heavy atom. The van der Waals surface area contributed by atoms with Crippen molar-refractivity contribution in [3.63, 3.8) is 0 Å². The smallest absolute Gasteiger partial charge is 0.338 e. The number of amides is 1. The Morgan fingerprint density at radius 2 is 1.78 bits per heavy atom. The number of rotatable bonds is 7. The first kappa shape index (κ1) is 19.7. The number of benzene rings is 2. The summed E-state index contributed by atoms with van der Waals surface area (Å²) in [5.41, 5.74) is 1.43. The van der Waals surface area contributed by atoms with Crippen molar-refractivity contribution in [1.82, 2.24) is 0 Å². The number of anilines is 1. The standard InChI is InChI=1S/C21H20N2O4/c1-3-26-19-8-6-5-7-16(19)13-17(14-22)20(24)23-18-11-9-15(10-12-18)21(25)27-4-2/h5-13H,3-4H2,1-2H3,(H,23,24). The van der Waals surface area contributed by atoms with Gasteiger partial charge in [-0.1, -0.05) is 18.2 Å². The van der Waals surface area contributed by atoms with Gasteiger partial charge in [0, 0.05) is 11.3 Å². The summed E-state index contributed by atoms with van der Waals surface area (Å²) in [5, 5.41) is 12.0. The Hall–Kier alpha value is -3.59. The molecule has 0 radical (unpaired) electrons. The molecule has 0 aliphatic heterocycles. The predicted octanol–water partition coefficient (Wildman–Crippen LogP) is 3.81. The molecule has 0 spiro atoms. The third kappa shape index (κ3) is 5.44. The summed E-state index contributed by atoms with van der Waals surface area (Å²) in [4.78, 5) is 24.1. The second-order valence-corrected chi connectivity index (χ2v) is 5.39. The van der Waals surface area contributed by atoms with E-state index >= 15 is 0 Å². The zero-order chi connectivity index (χ0) is 19.6. The Kier molecular flexibility index (Phi) is 7.15. The van der Waals surface area contributed by atoms with Gasteiger partial charge in [-0.3, -0.25) is 4.79 Å². The Morgan fingerprint density at radius 1 is 1.07 bits per heavy atom. The number of nitrogens with zero attached hydrogens (tertiary/aromatic N) is 1. The van der Waals surface area contributed by atoms with E-state index in [0.717, 1.165) is 0 Å². The monoisotopic (exact) mass is 364 g/mol. The maximum atomic E-state index is 12.4. The molecule has 0 atom stereocenters. The number of hydrogen-bond donors (Lipinski definition) is 1. The molecule has 2 aromatic carbocycles. The van der Waals surface area contributed by atoms with Crippen LogP contribution in [0.1, 0.15) is 29.8 Å². The van der Waals surface area contributed by atoms with Crippen LogP contribution >= 0.6 is 0 Å². The zero-order valence-electron chi connectivity index (χ0n) is 15.2. The predicted molar refractivity (Wildman–Crippen MR) is 102 cm³/mol. The number of carbonyl (C=O) groups is 2. The van der Waals surface area contributed by atoms with E-state index in [2.05, 4.69) is 5.32 Å². The normalized spacial score (nSPS) is 10.6. The molecule has 0 bridgehead atoms. The SMILES string of the molecule is CCOC(=O)c1ccc(NC(=O)C(C#N)=Cc2ccccc2OCC)cc1. The molecule has 138 valence electrons. The fraction of sp³-hybridized carbons (Fsp3) is 0.190. The van der Waals surface area contributed by atoms with E-state index in [0.29, 0.717) is 29.2 Å². The van der Waals surface area contributed by atoms with Gasteiger partial charge in [0.05, 0.1) is 18.8 Å². The van der Waals surface area contributed by atoms with Crippen LogP contribution in [0.3, 0.4) is 0 Å². The van der Waals surface area contributed by atoms with Gasteiger partial charge in [-0.25, -0.2) is 4.79 Å². The van der Waals surface area contributed by atoms with E-state index in [4.69, 9.17) is 9.47 Å². The van der Waals surface area contributed by atoms with Crippen molar-refractivity contribution in [2.24, 2.45) is 0 Å². The number of hydrogen-bond acceptors (Lipinski definition) is 5. The summed E-state index contributed by atoms with van der Waals surface area (Å²) in [6, 6.07) is 15.3. The molecule has 0 aliphatic carbocycles. The molecule has 0 aromatic heterocycles. The fourth-order valence-corrected chi connectivity index (χ4v) is 2.29. The maximum absolute atomic E-state index is 12.4. The number of nitriles is 1. The first-order valence-electron chi connectivity index (χ1n) is 8.51. The van der Waals surface area contributed by atoms with Crippen LogP contribution in [0.2, 0.25) is 0 Å². The molecule has 1 N–H and O–H groups in total. The van der Waals surface area contributed by atoms with E-state index in [1.807, 2.05) is 19.1 Å². The van der Waals surface area contributed by atoms with Crippen molar-refractivity contribution in [2.75, 3.05) is 18.5 Å². The van der Waals surface area contributed by atoms with Gasteiger partial charge in [0.2, 0.25) is 0 Å². The molecule has 27 heavy (non-hydrogen) atoms. The van der Waals surface area contributed by atoms with Crippen molar-refractivity contribution in [3.8, 4) is 11.8 Å². The Labute approximate surface area is 158 Å². The third-order valence-corrected chi connectivity index (χ3v) is 3.54. The minimum Gasteiger partial charge on any atom is -0.493 e. The molecule has 0 saturated heterocycles. The van der Waals surface area contributed by atoms with Crippen LogP contribution in [0.5, 0.6) is 5.75 Å². The first-order chi connectivity index (χ1) is 13.1. The largest absolute Gasteiger partial charge is 0.493 e. The number of para-hydroxylation sites is 1. The second-order valence-electron chi connectivity index (χ2n) is 5.39. The summed E-state index contributed by atoms with van der Waals surface area (Å²) < 4.78 is 10.4. The van der Waals surface area contributed by atoms with Crippen LogP contribution < -0.4 is 10.1 Å². The Bertz CT molecular complexity index is 880. The molecule has 0 unspecified atom stereocenters. The van der Waals surface area contributed by atoms with E-state index in [1.165, 1.54) is 6.08 Å². The summed E-state index contributed by atoms with van der Waals surface area (Å²) >= 11 is 0. The average molecular weight is 364 g/mol. The topological polar surface area (TPSA) is 88.4 Å². The first-order valence-corrected chi connectivity index (χ1v) is 8.51. The highest BCUT2D eigenvalue weighted by Gasteiger charge is 2.12. The molecular formula is C21H20N2O4. The van der Waals surface area contributed by atoms with Crippen LogP contribution in [-0.2, 0) is 9.53 Å². The average Bonchev–Trinajstić information content (AvgIpc) is 2.68. The second kappa shape index (κ2) is 9.78. The van der Waals surface area contributed by atoms with Crippen molar-refractivity contribution in [3.05, 3.63) is 65.2 Å². The van der Waals surface area contributed by atoms with Gasteiger partial charge in [-0.15, -0.1) is 0 Å². The number of carbonyl (C=O) groups excluding carboxylic acids is 2. The van der Waals surface area contributed by atoms with Gasteiger partial charge in [0.15, 0.2) is 0 Å². The highest BCUT2D eigenvalue weighted by molar-refractivity contribution is 6.10. The van der Waals surface area contributed by atoms with Crippen LogP contribution in [0.4, 0.5) is 5.69 Å². The van der Waals surface area contributed by atoms with Crippen molar-refractivity contribution in [1.29, 1.82) is 5.26 Å². The quantitative estimate of drug-likeness (QED) is 0.458. The van der Waals surface area contributed by atoms with Crippen LogP contribution in [-0.4, -0.2) is 25.1 Å². The third-order valence-electron chi connectivity index (χ3n) is 3.54. The summed E-state index contributed by atoms with van der Waals surface area (Å²) in [5.74, 6) is -0.382. The molecule has 0 saturated carbocycles. The molecule has 2 rings (SSSR count). The fourth-order valence-electron chi connectivity index (χ4n) is 2.29. The van der Waals surface area contributed by atoms with Gasteiger partial charge in [0.25, 0.3) is 5.91 Å². The lowest BCUT2D eigenvalue weighted by atomic mass is 10.1. The van der Waals surface area contributed by atoms with Gasteiger partial charge in [-0.2, -0.15) is 5.26 Å². The van der Waals surface area contributed by atoms with Crippen LogP contribution in [0, 0.1) is 11.3 Å². The molecule has 1 amide bonds. The summed E-state index contributed by atoms with van der Waals surface area (Å²) in [6.07, 6.45) is 1.48. The zero-order valence-corrected chi connectivity index (χ0v) is 15.2. The summed E-state index contributed by atoms with van der Waals surface area (Å²) in [6.45, 7) is 4.35. The molecule has 0 aliphatic rings. The number of nitrogens with one attached hydrogen (secondary N) is 1. The highest BCUT2D eigenvalue weighted by atomic mass is 16.5.